The van der Waals surface area contributed by atoms with E-state index in [1.165, 1.54) is 4.90 Å². The second-order valence-corrected chi connectivity index (χ2v) is 7.85. The predicted octanol–water partition coefficient (Wildman–Crippen LogP) is 4.95. The number of methoxy groups -OCH3 is 1. The second kappa shape index (κ2) is 8.92. The van der Waals surface area contributed by atoms with Crippen LogP contribution in [-0.2, 0) is 14.3 Å². The summed E-state index contributed by atoms with van der Waals surface area (Å²) >= 11 is 5.97. The number of carbonyl (C=O) groups excluding carboxylic acids is 2. The van der Waals surface area contributed by atoms with Gasteiger partial charge in [-0.05, 0) is 47.0 Å². The van der Waals surface area contributed by atoms with Gasteiger partial charge in [-0.2, -0.15) is 0 Å². The highest BCUT2D eigenvalue weighted by molar-refractivity contribution is 6.46. The van der Waals surface area contributed by atoms with Crippen LogP contribution in [0.5, 0.6) is 0 Å². The number of likely N-dealkylation sites (tertiary alicyclic amines) is 1. The Morgan fingerprint density at radius 3 is 2.48 bits per heavy atom. The van der Waals surface area contributed by atoms with E-state index in [2.05, 4.69) is 0 Å². The number of carbonyl (C=O) groups is 2. The molecular formula is C25H22ClNO4. The Morgan fingerprint density at radius 2 is 1.74 bits per heavy atom. The van der Waals surface area contributed by atoms with Crippen molar-refractivity contribution in [2.24, 2.45) is 0 Å². The number of amides is 1. The third kappa shape index (κ3) is 3.94. The number of hydrogen-bond donors (Lipinski definition) is 1. The first-order valence-corrected chi connectivity index (χ1v) is 10.4. The summed E-state index contributed by atoms with van der Waals surface area (Å²) in [6.45, 7) is 0.798. The highest BCUT2D eigenvalue weighted by atomic mass is 35.5. The molecule has 1 fully saturated rings. The Kier molecular flexibility index (Phi) is 6.07. The highest BCUT2D eigenvalue weighted by Gasteiger charge is 2.46. The number of ether oxygens (including phenoxy) is 1. The molecule has 0 saturated carbocycles. The molecule has 0 bridgehead atoms. The van der Waals surface area contributed by atoms with Crippen LogP contribution in [0.3, 0.4) is 0 Å². The number of nitrogens with zero attached hydrogens (tertiary/aromatic N) is 1. The predicted molar refractivity (Wildman–Crippen MR) is 121 cm³/mol. The fraction of sp³-hybridized carbons (Fsp3) is 0.200. The lowest BCUT2D eigenvalue weighted by Gasteiger charge is -2.26. The van der Waals surface area contributed by atoms with E-state index in [4.69, 9.17) is 16.3 Å². The monoisotopic (exact) mass is 435 g/mol. The maximum atomic E-state index is 13.1. The van der Waals surface area contributed by atoms with Crippen molar-refractivity contribution in [3.63, 3.8) is 0 Å². The van der Waals surface area contributed by atoms with E-state index in [9.17, 15) is 14.7 Å². The highest BCUT2D eigenvalue weighted by Crippen LogP contribution is 2.41. The normalized spacial score (nSPS) is 18.1. The largest absolute Gasteiger partial charge is 0.507 e. The molecule has 1 aliphatic heterocycles. The van der Waals surface area contributed by atoms with Gasteiger partial charge in [-0.3, -0.25) is 9.59 Å². The summed E-state index contributed by atoms with van der Waals surface area (Å²) in [5.74, 6) is -1.52. The number of hydrogen-bond acceptors (Lipinski definition) is 4. The van der Waals surface area contributed by atoms with Gasteiger partial charge >= 0.3 is 0 Å². The van der Waals surface area contributed by atoms with Crippen molar-refractivity contribution in [3.8, 4) is 0 Å². The van der Waals surface area contributed by atoms with Crippen LogP contribution >= 0.6 is 11.6 Å². The topological polar surface area (TPSA) is 66.8 Å². The molecule has 6 heteroatoms. The number of Topliss-reactive ketones (excluding diaryl/α,β-unsaturated/α-hetero) is 1. The van der Waals surface area contributed by atoms with Gasteiger partial charge in [-0.1, -0.05) is 54.1 Å². The molecule has 4 rings (SSSR count). The standard InChI is InChI=1S/C25H22ClNO4/c1-31-15-5-14-27-22(20-9-4-7-16-6-2-3-8-19(16)20)21(24(29)25(27)30)23(28)17-10-12-18(26)13-11-17/h2-4,6-13,22,28H,5,14-15H2,1H3/t22-/m0/s1. The van der Waals surface area contributed by atoms with Crippen LogP contribution < -0.4 is 0 Å². The van der Waals surface area contributed by atoms with Crippen LogP contribution in [0.1, 0.15) is 23.6 Å². The number of ketones is 1. The van der Waals surface area contributed by atoms with E-state index in [0.717, 1.165) is 16.3 Å². The number of halogens is 1. The minimum Gasteiger partial charge on any atom is -0.507 e. The summed E-state index contributed by atoms with van der Waals surface area (Å²) in [6.07, 6.45) is 0.575. The van der Waals surface area contributed by atoms with Crippen LogP contribution in [0.25, 0.3) is 16.5 Å². The van der Waals surface area contributed by atoms with E-state index in [1.54, 1.807) is 31.4 Å². The molecule has 1 amide bonds. The molecule has 1 N–H and O–H groups in total. The van der Waals surface area contributed by atoms with Gasteiger partial charge in [0.15, 0.2) is 0 Å². The zero-order chi connectivity index (χ0) is 22.0. The molecule has 5 nitrogen and oxygen atoms in total. The molecule has 0 unspecified atom stereocenters. The van der Waals surface area contributed by atoms with Gasteiger partial charge in [0.1, 0.15) is 5.76 Å². The lowest BCUT2D eigenvalue weighted by Crippen LogP contribution is -2.31. The average molecular weight is 436 g/mol. The molecule has 3 aromatic carbocycles. The zero-order valence-corrected chi connectivity index (χ0v) is 17.8. The molecule has 0 aromatic heterocycles. The lowest BCUT2D eigenvalue weighted by atomic mass is 9.91. The number of aliphatic hydroxyl groups is 1. The Hall–Kier alpha value is -3.15. The molecule has 0 aliphatic carbocycles. The molecule has 158 valence electrons. The quantitative estimate of drug-likeness (QED) is 0.257. The van der Waals surface area contributed by atoms with Crippen LogP contribution in [0.2, 0.25) is 5.02 Å². The fourth-order valence-corrected chi connectivity index (χ4v) is 4.19. The molecule has 1 saturated heterocycles. The first kappa shape index (κ1) is 21.1. The second-order valence-electron chi connectivity index (χ2n) is 7.41. The van der Waals surface area contributed by atoms with E-state index in [0.29, 0.717) is 30.2 Å². The Balaban J connectivity index is 1.91. The third-order valence-corrected chi connectivity index (χ3v) is 5.78. The molecule has 1 atom stereocenters. The first-order chi connectivity index (χ1) is 15.0. The van der Waals surface area contributed by atoms with Crippen molar-refractivity contribution >= 4 is 39.8 Å². The lowest BCUT2D eigenvalue weighted by molar-refractivity contribution is -0.140. The summed E-state index contributed by atoms with van der Waals surface area (Å²) < 4.78 is 5.13. The van der Waals surface area contributed by atoms with E-state index in [-0.39, 0.29) is 11.3 Å². The number of fused-ring (bicyclic) bond motifs is 1. The molecule has 1 aliphatic rings. The summed E-state index contributed by atoms with van der Waals surface area (Å²) in [6, 6.07) is 19.4. The van der Waals surface area contributed by atoms with Gasteiger partial charge in [0, 0.05) is 30.8 Å². The summed E-state index contributed by atoms with van der Waals surface area (Å²) in [5, 5.41) is 13.5. The molecule has 3 aromatic rings. The van der Waals surface area contributed by atoms with E-state index < -0.39 is 17.7 Å². The maximum absolute atomic E-state index is 13.1. The number of rotatable bonds is 6. The molecular weight excluding hydrogens is 414 g/mol. The van der Waals surface area contributed by atoms with Crippen molar-refractivity contribution < 1.29 is 19.4 Å². The third-order valence-electron chi connectivity index (χ3n) is 5.52. The van der Waals surface area contributed by atoms with Crippen molar-refractivity contribution in [2.45, 2.75) is 12.5 Å². The average Bonchev–Trinajstić information content (AvgIpc) is 3.04. The van der Waals surface area contributed by atoms with E-state index in [1.807, 2.05) is 42.5 Å². The van der Waals surface area contributed by atoms with Crippen molar-refractivity contribution in [2.75, 3.05) is 20.3 Å². The minimum atomic E-state index is -0.696. The summed E-state index contributed by atoms with van der Waals surface area (Å²) in [4.78, 5) is 27.6. The maximum Gasteiger partial charge on any atom is 0.295 e. The number of aliphatic hydroxyl groups excluding tert-OH is 1. The Bertz CT molecular complexity index is 1160. The fourth-order valence-electron chi connectivity index (χ4n) is 4.07. The van der Waals surface area contributed by atoms with Crippen LogP contribution in [0.4, 0.5) is 0 Å². The zero-order valence-electron chi connectivity index (χ0n) is 17.0. The smallest absolute Gasteiger partial charge is 0.295 e. The SMILES string of the molecule is COCCCN1C(=O)C(=O)C(=C(O)c2ccc(Cl)cc2)[C@@H]1c1cccc2ccccc12. The van der Waals surface area contributed by atoms with E-state index >= 15 is 0 Å². The molecule has 31 heavy (non-hydrogen) atoms. The van der Waals surface area contributed by atoms with Gasteiger partial charge in [0.05, 0.1) is 11.6 Å². The van der Waals surface area contributed by atoms with Crippen molar-refractivity contribution in [1.82, 2.24) is 4.90 Å². The Labute approximate surface area is 185 Å². The summed E-state index contributed by atoms with van der Waals surface area (Å²) in [5.41, 5.74) is 1.32. The molecule has 1 heterocycles. The van der Waals surface area contributed by atoms with Gasteiger partial charge in [-0.25, -0.2) is 0 Å². The van der Waals surface area contributed by atoms with Gasteiger partial charge in [0.25, 0.3) is 11.7 Å². The minimum absolute atomic E-state index is 0.0843. The van der Waals surface area contributed by atoms with Crippen molar-refractivity contribution in [3.05, 3.63) is 88.5 Å². The van der Waals surface area contributed by atoms with Gasteiger partial charge in [0.2, 0.25) is 0 Å². The van der Waals surface area contributed by atoms with Gasteiger partial charge in [-0.15, -0.1) is 0 Å². The van der Waals surface area contributed by atoms with Gasteiger partial charge < -0.3 is 14.7 Å². The Morgan fingerprint density at radius 1 is 1.03 bits per heavy atom. The number of benzene rings is 3. The van der Waals surface area contributed by atoms with Crippen LogP contribution in [-0.4, -0.2) is 42.0 Å². The summed E-state index contributed by atoms with van der Waals surface area (Å²) in [7, 11) is 1.59. The van der Waals surface area contributed by atoms with Crippen molar-refractivity contribution in [1.29, 1.82) is 0 Å². The molecule has 0 radical (unpaired) electrons. The molecule has 0 spiro atoms. The van der Waals surface area contributed by atoms with Crippen LogP contribution in [0.15, 0.2) is 72.3 Å². The first-order valence-electron chi connectivity index (χ1n) is 10.0. The van der Waals surface area contributed by atoms with Crippen LogP contribution in [0, 0.1) is 0 Å².